The first-order valence-electron chi connectivity index (χ1n) is 9.13. The van der Waals surface area contributed by atoms with Gasteiger partial charge in [0.2, 0.25) is 10.0 Å². The summed E-state index contributed by atoms with van der Waals surface area (Å²) in [7, 11) is -3.21. The van der Waals surface area contributed by atoms with Crippen molar-refractivity contribution < 1.29 is 12.8 Å². The van der Waals surface area contributed by atoms with Gasteiger partial charge in [0.1, 0.15) is 11.5 Å². The molecule has 5 nitrogen and oxygen atoms in total. The molecule has 1 aliphatic heterocycles. The van der Waals surface area contributed by atoms with E-state index in [2.05, 4.69) is 9.97 Å². The van der Waals surface area contributed by atoms with Gasteiger partial charge in [-0.15, -0.1) is 0 Å². The van der Waals surface area contributed by atoms with Crippen molar-refractivity contribution in [3.05, 3.63) is 81.9 Å². The van der Waals surface area contributed by atoms with E-state index in [0.29, 0.717) is 42.3 Å². The standard InChI is InChI=1S/C21H19ClFN3O2S/c1-29(27,28)26-10-9-18-14(3-2-4-15(18)13-26)11-17-6-7-19(22)21(25-17)20-8-5-16(23)12-24-20/h2-8,12H,9-11,13H2,1H3. The highest BCUT2D eigenvalue weighted by Gasteiger charge is 2.24. The second kappa shape index (κ2) is 7.82. The molecule has 0 unspecified atom stereocenters. The third-order valence-electron chi connectivity index (χ3n) is 5.04. The average molecular weight is 432 g/mol. The highest BCUT2D eigenvalue weighted by molar-refractivity contribution is 7.88. The van der Waals surface area contributed by atoms with Gasteiger partial charge >= 0.3 is 0 Å². The van der Waals surface area contributed by atoms with Gasteiger partial charge < -0.3 is 0 Å². The molecule has 150 valence electrons. The molecule has 1 aromatic carbocycles. The minimum absolute atomic E-state index is 0.390. The minimum atomic E-state index is -3.21. The molecule has 0 spiro atoms. The monoisotopic (exact) mass is 431 g/mol. The fourth-order valence-electron chi connectivity index (χ4n) is 3.58. The number of pyridine rings is 2. The maximum Gasteiger partial charge on any atom is 0.211 e. The second-order valence-electron chi connectivity index (χ2n) is 7.07. The third kappa shape index (κ3) is 4.32. The summed E-state index contributed by atoms with van der Waals surface area (Å²) in [6.45, 7) is 0.864. The molecule has 0 bridgehead atoms. The number of fused-ring (bicyclic) bond motifs is 1. The van der Waals surface area contributed by atoms with E-state index in [9.17, 15) is 12.8 Å². The first-order valence-corrected chi connectivity index (χ1v) is 11.4. The van der Waals surface area contributed by atoms with Crippen LogP contribution in [0.5, 0.6) is 0 Å². The van der Waals surface area contributed by atoms with Gasteiger partial charge in [-0.25, -0.2) is 17.8 Å². The van der Waals surface area contributed by atoms with Gasteiger partial charge in [0, 0.05) is 25.2 Å². The zero-order valence-electron chi connectivity index (χ0n) is 15.8. The molecule has 4 rings (SSSR count). The van der Waals surface area contributed by atoms with Crippen molar-refractivity contribution in [2.24, 2.45) is 0 Å². The summed E-state index contributed by atoms with van der Waals surface area (Å²) >= 11 is 6.29. The lowest BCUT2D eigenvalue weighted by Gasteiger charge is -2.28. The topological polar surface area (TPSA) is 63.2 Å². The molecule has 0 atom stereocenters. The molecule has 0 N–H and O–H groups in total. The van der Waals surface area contributed by atoms with Gasteiger partial charge in [-0.2, -0.15) is 4.31 Å². The Morgan fingerprint density at radius 3 is 2.72 bits per heavy atom. The number of sulfonamides is 1. The summed E-state index contributed by atoms with van der Waals surface area (Å²) < 4.78 is 38.4. The fourth-order valence-corrected chi connectivity index (χ4v) is 4.58. The van der Waals surface area contributed by atoms with Crippen molar-refractivity contribution >= 4 is 21.6 Å². The van der Waals surface area contributed by atoms with Crippen LogP contribution in [0.15, 0.2) is 48.7 Å². The van der Waals surface area contributed by atoms with Crippen LogP contribution in [0, 0.1) is 5.82 Å². The van der Waals surface area contributed by atoms with E-state index in [1.165, 1.54) is 22.2 Å². The Morgan fingerprint density at radius 1 is 1.17 bits per heavy atom. The summed E-state index contributed by atoms with van der Waals surface area (Å²) in [5, 5.41) is 0.451. The van der Waals surface area contributed by atoms with Gasteiger partial charge in [0.15, 0.2) is 0 Å². The van der Waals surface area contributed by atoms with Crippen LogP contribution in [0.2, 0.25) is 5.02 Å². The molecule has 8 heteroatoms. The largest absolute Gasteiger partial charge is 0.252 e. The number of rotatable bonds is 4. The number of aromatic nitrogens is 2. The minimum Gasteiger partial charge on any atom is -0.252 e. The van der Waals surface area contributed by atoms with Crippen molar-refractivity contribution in [1.82, 2.24) is 14.3 Å². The SMILES string of the molecule is CS(=O)(=O)N1CCc2c(Cc3ccc(Cl)c(-c4ccc(F)cn4)n3)cccc2C1. The molecule has 2 aromatic heterocycles. The molecule has 3 heterocycles. The lowest BCUT2D eigenvalue weighted by molar-refractivity contribution is 0.394. The first kappa shape index (κ1) is 19.9. The Morgan fingerprint density at radius 2 is 2.00 bits per heavy atom. The van der Waals surface area contributed by atoms with Crippen LogP contribution >= 0.6 is 11.6 Å². The van der Waals surface area contributed by atoms with Crippen LogP contribution < -0.4 is 0 Å². The van der Waals surface area contributed by atoms with E-state index in [1.807, 2.05) is 24.3 Å². The van der Waals surface area contributed by atoms with Crippen molar-refractivity contribution in [2.75, 3.05) is 12.8 Å². The zero-order valence-corrected chi connectivity index (χ0v) is 17.3. The maximum absolute atomic E-state index is 13.2. The molecule has 0 saturated carbocycles. The van der Waals surface area contributed by atoms with Crippen LogP contribution in [0.25, 0.3) is 11.4 Å². The molecule has 0 saturated heterocycles. The number of benzene rings is 1. The summed E-state index contributed by atoms with van der Waals surface area (Å²) in [6, 6.07) is 12.5. The quantitative estimate of drug-likeness (QED) is 0.629. The Bertz CT molecular complexity index is 1170. The van der Waals surface area contributed by atoms with Crippen LogP contribution in [0.3, 0.4) is 0 Å². The van der Waals surface area contributed by atoms with E-state index in [-0.39, 0.29) is 0 Å². The molecule has 29 heavy (non-hydrogen) atoms. The average Bonchev–Trinajstić information content (AvgIpc) is 2.69. The Balaban J connectivity index is 1.64. The number of halogens is 2. The van der Waals surface area contributed by atoms with Crippen LogP contribution in [-0.2, 0) is 29.4 Å². The Kier molecular flexibility index (Phi) is 5.38. The van der Waals surface area contributed by atoms with Crippen LogP contribution in [0.1, 0.15) is 22.4 Å². The molecule has 0 amide bonds. The van der Waals surface area contributed by atoms with E-state index in [0.717, 1.165) is 23.0 Å². The normalized spacial score (nSPS) is 14.6. The molecule has 1 aliphatic rings. The summed E-state index contributed by atoms with van der Waals surface area (Å²) in [6.07, 6.45) is 3.64. The van der Waals surface area contributed by atoms with Crippen LogP contribution in [-0.4, -0.2) is 35.5 Å². The molecular weight excluding hydrogens is 413 g/mol. The molecule has 0 radical (unpaired) electrons. The van der Waals surface area contributed by atoms with E-state index in [4.69, 9.17) is 11.6 Å². The highest BCUT2D eigenvalue weighted by Crippen LogP contribution is 2.28. The lowest BCUT2D eigenvalue weighted by atomic mass is 9.93. The van der Waals surface area contributed by atoms with Gasteiger partial charge in [-0.3, -0.25) is 4.98 Å². The number of nitrogens with zero attached hydrogens (tertiary/aromatic N) is 3. The first-order chi connectivity index (χ1) is 13.8. The predicted octanol–water partition coefficient (Wildman–Crippen LogP) is 3.84. The fraction of sp³-hybridized carbons (Fsp3) is 0.238. The summed E-state index contributed by atoms with van der Waals surface area (Å²) in [5.41, 5.74) is 5.14. The molecule has 0 aliphatic carbocycles. The van der Waals surface area contributed by atoms with Crippen molar-refractivity contribution in [1.29, 1.82) is 0 Å². The van der Waals surface area contributed by atoms with Crippen molar-refractivity contribution in [2.45, 2.75) is 19.4 Å². The maximum atomic E-state index is 13.2. The number of hydrogen-bond donors (Lipinski definition) is 0. The van der Waals surface area contributed by atoms with Gasteiger partial charge in [-0.05, 0) is 47.4 Å². The van der Waals surface area contributed by atoms with Gasteiger partial charge in [-0.1, -0.05) is 29.8 Å². The smallest absolute Gasteiger partial charge is 0.211 e. The van der Waals surface area contributed by atoms with Gasteiger partial charge in [0.25, 0.3) is 0 Å². The van der Waals surface area contributed by atoms with E-state index in [1.54, 1.807) is 12.1 Å². The van der Waals surface area contributed by atoms with E-state index >= 15 is 0 Å². The second-order valence-corrected chi connectivity index (χ2v) is 9.46. The van der Waals surface area contributed by atoms with Crippen molar-refractivity contribution in [3.63, 3.8) is 0 Å². The summed E-state index contributed by atoms with van der Waals surface area (Å²) in [5.74, 6) is -0.417. The number of hydrogen-bond acceptors (Lipinski definition) is 4. The molecular formula is C21H19ClFN3O2S. The van der Waals surface area contributed by atoms with Gasteiger partial charge in [0.05, 0.1) is 23.2 Å². The molecule has 3 aromatic rings. The van der Waals surface area contributed by atoms with Crippen molar-refractivity contribution in [3.8, 4) is 11.4 Å². The lowest BCUT2D eigenvalue weighted by Crippen LogP contribution is -2.35. The third-order valence-corrected chi connectivity index (χ3v) is 6.60. The highest BCUT2D eigenvalue weighted by atomic mass is 35.5. The predicted molar refractivity (Wildman–Crippen MR) is 111 cm³/mol. The Hall–Kier alpha value is -2.35. The zero-order chi connectivity index (χ0) is 20.6. The molecule has 0 fully saturated rings. The summed E-state index contributed by atoms with van der Waals surface area (Å²) in [4.78, 5) is 8.72. The van der Waals surface area contributed by atoms with Crippen LogP contribution in [0.4, 0.5) is 4.39 Å². The van der Waals surface area contributed by atoms with E-state index < -0.39 is 15.8 Å². The Labute approximate surface area is 174 Å².